The molecule has 1 saturated carbocycles. The molecule has 0 aliphatic heterocycles. The zero-order valence-corrected chi connectivity index (χ0v) is 9.16. The predicted octanol–water partition coefficient (Wildman–Crippen LogP) is 1.91. The van der Waals surface area contributed by atoms with E-state index in [2.05, 4.69) is 24.5 Å². The molecule has 0 atom stereocenters. The highest BCUT2D eigenvalue weighted by Gasteiger charge is 2.33. The average molecular weight is 184 g/mol. The summed E-state index contributed by atoms with van der Waals surface area (Å²) < 4.78 is 0. The van der Waals surface area contributed by atoms with Crippen molar-refractivity contribution in [2.24, 2.45) is 0 Å². The van der Waals surface area contributed by atoms with Crippen molar-refractivity contribution >= 4 is 0 Å². The second-order valence-corrected chi connectivity index (χ2v) is 4.16. The quantitative estimate of drug-likeness (QED) is 0.591. The Kier molecular flexibility index (Phi) is 4.74. The van der Waals surface area contributed by atoms with E-state index in [-0.39, 0.29) is 0 Å². The van der Waals surface area contributed by atoms with E-state index >= 15 is 0 Å². The highest BCUT2D eigenvalue weighted by molar-refractivity contribution is 4.94. The lowest BCUT2D eigenvalue weighted by molar-refractivity contribution is 0.178. The zero-order valence-electron chi connectivity index (χ0n) is 9.16. The van der Waals surface area contributed by atoms with Gasteiger partial charge in [-0.1, -0.05) is 13.8 Å². The molecule has 2 nitrogen and oxygen atoms in total. The fraction of sp³-hybridized carbons (Fsp3) is 1.00. The largest absolute Gasteiger partial charge is 0.315 e. The van der Waals surface area contributed by atoms with Crippen LogP contribution in [0.3, 0.4) is 0 Å². The average Bonchev–Trinajstić information content (AvgIpc) is 2.09. The molecule has 0 saturated heterocycles. The van der Waals surface area contributed by atoms with Crippen molar-refractivity contribution in [3.8, 4) is 0 Å². The Morgan fingerprint density at radius 3 is 2.31 bits per heavy atom. The summed E-state index contributed by atoms with van der Waals surface area (Å²) in [6.45, 7) is 7.91. The van der Waals surface area contributed by atoms with Crippen molar-refractivity contribution in [1.29, 1.82) is 0 Å². The van der Waals surface area contributed by atoms with E-state index in [9.17, 15) is 0 Å². The molecule has 1 aliphatic rings. The normalized spacial score (nSPS) is 19.8. The third kappa shape index (κ3) is 3.28. The fourth-order valence-corrected chi connectivity index (χ4v) is 1.98. The smallest absolute Gasteiger partial charge is 0.0179 e. The van der Waals surface area contributed by atoms with Crippen LogP contribution in [0.1, 0.15) is 46.0 Å². The predicted molar refractivity (Wildman–Crippen MR) is 58.0 cm³/mol. The first-order valence-corrected chi connectivity index (χ1v) is 5.79. The molecule has 0 spiro atoms. The highest BCUT2D eigenvalue weighted by atomic mass is 15.0. The van der Waals surface area contributed by atoms with Gasteiger partial charge in [0.1, 0.15) is 0 Å². The van der Waals surface area contributed by atoms with E-state index < -0.39 is 0 Å². The van der Waals surface area contributed by atoms with Gasteiger partial charge in [-0.05, 0) is 38.6 Å². The van der Waals surface area contributed by atoms with Gasteiger partial charge in [0.15, 0.2) is 0 Å². The van der Waals surface area contributed by atoms with E-state index in [0.29, 0.717) is 5.54 Å². The third-order valence-electron chi connectivity index (χ3n) is 3.22. The van der Waals surface area contributed by atoms with E-state index in [1.165, 1.54) is 32.1 Å². The lowest BCUT2D eigenvalue weighted by atomic mass is 9.75. The summed E-state index contributed by atoms with van der Waals surface area (Å²) in [7, 11) is 0. The van der Waals surface area contributed by atoms with Gasteiger partial charge in [-0.3, -0.25) is 0 Å². The van der Waals surface area contributed by atoms with Crippen molar-refractivity contribution in [2.75, 3.05) is 19.6 Å². The first kappa shape index (κ1) is 11.0. The van der Waals surface area contributed by atoms with Gasteiger partial charge in [-0.15, -0.1) is 0 Å². The van der Waals surface area contributed by atoms with Gasteiger partial charge in [0.25, 0.3) is 0 Å². The Morgan fingerprint density at radius 2 is 1.85 bits per heavy atom. The number of rotatable bonds is 7. The summed E-state index contributed by atoms with van der Waals surface area (Å²) >= 11 is 0. The summed E-state index contributed by atoms with van der Waals surface area (Å²) in [5, 5.41) is 7.10. The van der Waals surface area contributed by atoms with Gasteiger partial charge in [0.2, 0.25) is 0 Å². The summed E-state index contributed by atoms with van der Waals surface area (Å²) in [4.78, 5) is 0. The lowest BCUT2D eigenvalue weighted by Gasteiger charge is -2.42. The Bertz CT molecular complexity index is 125. The maximum Gasteiger partial charge on any atom is 0.0179 e. The Morgan fingerprint density at radius 1 is 1.08 bits per heavy atom. The van der Waals surface area contributed by atoms with Gasteiger partial charge in [-0.2, -0.15) is 0 Å². The second-order valence-electron chi connectivity index (χ2n) is 4.16. The summed E-state index contributed by atoms with van der Waals surface area (Å²) in [6.07, 6.45) is 6.72. The van der Waals surface area contributed by atoms with E-state index in [1.54, 1.807) is 0 Å². The summed E-state index contributed by atoms with van der Waals surface area (Å²) in [5.41, 5.74) is 0.522. The van der Waals surface area contributed by atoms with E-state index in [0.717, 1.165) is 19.6 Å². The lowest BCUT2D eigenvalue weighted by Crippen LogP contribution is -2.52. The van der Waals surface area contributed by atoms with Crippen LogP contribution >= 0.6 is 0 Å². The molecular weight excluding hydrogens is 160 g/mol. The minimum Gasteiger partial charge on any atom is -0.315 e. The van der Waals surface area contributed by atoms with Gasteiger partial charge < -0.3 is 10.6 Å². The zero-order chi connectivity index (χ0) is 9.57. The molecule has 0 heterocycles. The van der Waals surface area contributed by atoms with Crippen LogP contribution in [0, 0.1) is 0 Å². The molecule has 1 aliphatic carbocycles. The molecule has 1 fully saturated rings. The van der Waals surface area contributed by atoms with Crippen molar-refractivity contribution in [2.45, 2.75) is 51.5 Å². The number of nitrogens with one attached hydrogen (secondary N) is 2. The molecule has 0 bridgehead atoms. The number of hydrogen-bond donors (Lipinski definition) is 2. The van der Waals surface area contributed by atoms with Crippen LogP contribution in [0.4, 0.5) is 0 Å². The van der Waals surface area contributed by atoms with E-state index in [1.807, 2.05) is 0 Å². The van der Waals surface area contributed by atoms with Crippen LogP contribution in [0.15, 0.2) is 0 Å². The molecule has 78 valence electrons. The van der Waals surface area contributed by atoms with Crippen molar-refractivity contribution in [3.05, 3.63) is 0 Å². The Hall–Kier alpha value is -0.0800. The second kappa shape index (κ2) is 5.61. The van der Waals surface area contributed by atoms with Gasteiger partial charge in [0, 0.05) is 18.6 Å². The highest BCUT2D eigenvalue weighted by Crippen LogP contribution is 2.34. The topological polar surface area (TPSA) is 24.1 Å². The molecule has 0 aromatic heterocycles. The monoisotopic (exact) mass is 184 g/mol. The Labute approximate surface area is 82.5 Å². The molecule has 2 heteroatoms. The van der Waals surface area contributed by atoms with Gasteiger partial charge in [-0.25, -0.2) is 0 Å². The maximum atomic E-state index is 3.68. The van der Waals surface area contributed by atoms with Crippen LogP contribution in [0.25, 0.3) is 0 Å². The van der Waals surface area contributed by atoms with Crippen LogP contribution in [0.5, 0.6) is 0 Å². The first-order chi connectivity index (χ1) is 6.33. The van der Waals surface area contributed by atoms with Crippen LogP contribution in [-0.4, -0.2) is 25.2 Å². The SMILES string of the molecule is CCCNCCNC1(CC)CCC1. The van der Waals surface area contributed by atoms with E-state index in [4.69, 9.17) is 0 Å². The fourth-order valence-electron chi connectivity index (χ4n) is 1.98. The van der Waals surface area contributed by atoms with Crippen LogP contribution in [-0.2, 0) is 0 Å². The number of hydrogen-bond acceptors (Lipinski definition) is 2. The van der Waals surface area contributed by atoms with Crippen molar-refractivity contribution in [1.82, 2.24) is 10.6 Å². The molecule has 2 N–H and O–H groups in total. The summed E-state index contributed by atoms with van der Waals surface area (Å²) in [6, 6.07) is 0. The summed E-state index contributed by atoms with van der Waals surface area (Å²) in [5.74, 6) is 0. The molecule has 1 rings (SSSR count). The standard InChI is InChI=1S/C11H24N2/c1-3-8-12-9-10-13-11(4-2)6-5-7-11/h12-13H,3-10H2,1-2H3. The molecule has 13 heavy (non-hydrogen) atoms. The van der Waals surface area contributed by atoms with Gasteiger partial charge in [0.05, 0.1) is 0 Å². The Balaban J connectivity index is 1.98. The third-order valence-corrected chi connectivity index (χ3v) is 3.22. The maximum absolute atomic E-state index is 3.68. The minimum atomic E-state index is 0.522. The molecule has 0 aromatic carbocycles. The molecule has 0 radical (unpaired) electrons. The van der Waals surface area contributed by atoms with Gasteiger partial charge >= 0.3 is 0 Å². The molecule has 0 aromatic rings. The van der Waals surface area contributed by atoms with Crippen LogP contribution < -0.4 is 10.6 Å². The molecule has 0 amide bonds. The minimum absolute atomic E-state index is 0.522. The van der Waals surface area contributed by atoms with Crippen LogP contribution in [0.2, 0.25) is 0 Å². The molecular formula is C11H24N2. The van der Waals surface area contributed by atoms with Crippen molar-refractivity contribution < 1.29 is 0 Å². The first-order valence-electron chi connectivity index (χ1n) is 5.79. The van der Waals surface area contributed by atoms with Crippen molar-refractivity contribution in [3.63, 3.8) is 0 Å². The molecule has 0 unspecified atom stereocenters.